The Bertz CT molecular complexity index is 1070. The minimum absolute atomic E-state index is 0.0427. The van der Waals surface area contributed by atoms with E-state index in [2.05, 4.69) is 15.2 Å². The van der Waals surface area contributed by atoms with Gasteiger partial charge < -0.3 is 10.5 Å². The predicted octanol–water partition coefficient (Wildman–Crippen LogP) is 5.48. The molecule has 32 heavy (non-hydrogen) atoms. The molecule has 1 fully saturated rings. The first-order valence-electron chi connectivity index (χ1n) is 11.2. The van der Waals surface area contributed by atoms with Crippen molar-refractivity contribution in [1.82, 2.24) is 4.72 Å². The standard InChI is InChI=1S/C25H29FN3O2S/c1-18(20-7-3-2-4-8-20)29-32(30,31)16-15-24-23-10-6-5-9-21(25(23)28-27-24)17-19-11-13-22(26)14-12-19/h2-4,7-8,11-16,18,21,23,25,29H,5-6,9-10,17H2,1H3/q-1/b16-15+/t18-,21?,23?,25?/m0/s1. The molecular weight excluding hydrogens is 425 g/mol. The van der Waals surface area contributed by atoms with Gasteiger partial charge in [0.2, 0.25) is 10.0 Å². The molecule has 1 saturated carbocycles. The Kier molecular flexibility index (Phi) is 7.06. The van der Waals surface area contributed by atoms with Crippen LogP contribution in [-0.2, 0) is 16.4 Å². The van der Waals surface area contributed by atoms with E-state index in [-0.39, 0.29) is 23.8 Å². The molecule has 0 bridgehead atoms. The normalized spacial score (nSPS) is 24.4. The number of nitrogens with zero attached hydrogens (tertiary/aromatic N) is 2. The van der Waals surface area contributed by atoms with Gasteiger partial charge in [-0.2, -0.15) is 0 Å². The van der Waals surface area contributed by atoms with Gasteiger partial charge in [0.05, 0.1) is 0 Å². The Labute approximate surface area is 189 Å². The summed E-state index contributed by atoms with van der Waals surface area (Å²) >= 11 is 0. The first-order chi connectivity index (χ1) is 15.4. The lowest BCUT2D eigenvalue weighted by atomic mass is 9.82. The molecule has 4 rings (SSSR count). The van der Waals surface area contributed by atoms with Crippen molar-refractivity contribution in [1.29, 1.82) is 0 Å². The van der Waals surface area contributed by atoms with E-state index < -0.39 is 10.0 Å². The molecule has 5 nitrogen and oxygen atoms in total. The summed E-state index contributed by atoms with van der Waals surface area (Å²) in [6.45, 7) is 1.82. The van der Waals surface area contributed by atoms with Crippen LogP contribution in [0, 0.1) is 17.7 Å². The van der Waals surface area contributed by atoms with Crippen molar-refractivity contribution in [3.63, 3.8) is 0 Å². The molecular formula is C25H29FN3O2S-. The summed E-state index contributed by atoms with van der Waals surface area (Å²) in [4.78, 5) is 0. The molecule has 0 aromatic heterocycles. The van der Waals surface area contributed by atoms with Gasteiger partial charge in [0.25, 0.3) is 0 Å². The molecule has 1 aliphatic heterocycles. The topological polar surface area (TPSA) is 72.6 Å². The van der Waals surface area contributed by atoms with Gasteiger partial charge in [-0.3, -0.25) is 0 Å². The zero-order valence-electron chi connectivity index (χ0n) is 18.2. The van der Waals surface area contributed by atoms with Gasteiger partial charge in [0.1, 0.15) is 5.82 Å². The van der Waals surface area contributed by atoms with Crippen molar-refractivity contribution < 1.29 is 12.8 Å². The molecule has 0 saturated heterocycles. The van der Waals surface area contributed by atoms with Gasteiger partial charge in [-0.05, 0) is 60.9 Å². The van der Waals surface area contributed by atoms with Crippen LogP contribution < -0.4 is 4.72 Å². The average Bonchev–Trinajstić information content (AvgIpc) is 3.08. The summed E-state index contributed by atoms with van der Waals surface area (Å²) in [5.41, 5.74) is 7.29. The van der Waals surface area contributed by atoms with Gasteiger partial charge >= 0.3 is 0 Å². The van der Waals surface area contributed by atoms with E-state index in [0.29, 0.717) is 5.92 Å². The third-order valence-corrected chi connectivity index (χ3v) is 7.57. The number of allylic oxidation sites excluding steroid dienone is 1. The van der Waals surface area contributed by atoms with E-state index in [1.807, 2.05) is 49.4 Å². The molecule has 2 aliphatic rings. The number of fused-ring (bicyclic) bond motifs is 1. The lowest BCUT2D eigenvalue weighted by Crippen LogP contribution is -2.29. The van der Waals surface area contributed by atoms with Gasteiger partial charge in [-0.1, -0.05) is 67.8 Å². The second kappa shape index (κ2) is 9.96. The van der Waals surface area contributed by atoms with Crippen LogP contribution >= 0.6 is 0 Å². The van der Waals surface area contributed by atoms with Crippen molar-refractivity contribution in [3.05, 3.63) is 88.5 Å². The van der Waals surface area contributed by atoms with E-state index >= 15 is 0 Å². The van der Waals surface area contributed by atoms with E-state index in [9.17, 15) is 12.8 Å². The third kappa shape index (κ3) is 5.64. The summed E-state index contributed by atoms with van der Waals surface area (Å²) in [6.07, 6.45) is 6.61. The summed E-state index contributed by atoms with van der Waals surface area (Å²) in [7, 11) is -3.62. The highest BCUT2D eigenvalue weighted by molar-refractivity contribution is 7.92. The van der Waals surface area contributed by atoms with E-state index in [0.717, 1.165) is 48.9 Å². The van der Waals surface area contributed by atoms with Crippen LogP contribution in [0.3, 0.4) is 0 Å². The number of nitrogens with one attached hydrogen (secondary N) is 1. The van der Waals surface area contributed by atoms with Crippen LogP contribution in [-0.4, -0.2) is 20.2 Å². The zero-order valence-corrected chi connectivity index (χ0v) is 19.0. The van der Waals surface area contributed by atoms with E-state index in [1.54, 1.807) is 6.08 Å². The van der Waals surface area contributed by atoms with Crippen molar-refractivity contribution in [2.24, 2.45) is 16.9 Å². The van der Waals surface area contributed by atoms with Crippen molar-refractivity contribution in [3.8, 4) is 0 Å². The molecule has 0 spiro atoms. The lowest BCUT2D eigenvalue weighted by molar-refractivity contribution is 0.402. The summed E-state index contributed by atoms with van der Waals surface area (Å²) < 4.78 is 41.2. The molecule has 1 N–H and O–H groups in total. The fourth-order valence-corrected chi connectivity index (χ4v) is 5.73. The Morgan fingerprint density at radius 1 is 1.12 bits per heavy atom. The second-order valence-electron chi connectivity index (χ2n) is 8.71. The SMILES string of the molecule is C[C@H](NS(=O)(=O)/C=C/C1=N[N-]C2C(Cc3ccc(F)cc3)CCCCC12)c1ccccc1. The number of hydrogen-bond acceptors (Lipinski definition) is 3. The quantitative estimate of drug-likeness (QED) is 0.602. The fourth-order valence-electron chi connectivity index (χ4n) is 4.70. The maximum atomic E-state index is 13.3. The molecule has 2 aromatic carbocycles. The largest absolute Gasteiger partial charge is 0.598 e. The maximum Gasteiger partial charge on any atom is 0.234 e. The summed E-state index contributed by atoms with van der Waals surface area (Å²) in [5, 5.41) is 5.58. The Morgan fingerprint density at radius 3 is 2.59 bits per heavy atom. The molecule has 1 aliphatic carbocycles. The first kappa shape index (κ1) is 22.7. The molecule has 170 valence electrons. The lowest BCUT2D eigenvalue weighted by Gasteiger charge is -2.35. The molecule has 4 atom stereocenters. The van der Waals surface area contributed by atoms with Crippen LogP contribution in [0.15, 0.2) is 71.2 Å². The molecule has 0 amide bonds. The Balaban J connectivity index is 1.42. The molecule has 0 radical (unpaired) electrons. The van der Waals surface area contributed by atoms with Crippen LogP contribution in [0.2, 0.25) is 0 Å². The smallest absolute Gasteiger partial charge is 0.234 e. The minimum Gasteiger partial charge on any atom is -0.598 e. The molecule has 1 heterocycles. The summed E-state index contributed by atoms with van der Waals surface area (Å²) in [5.74, 6) is 0.210. The van der Waals surface area contributed by atoms with Crippen molar-refractivity contribution in [2.75, 3.05) is 0 Å². The van der Waals surface area contributed by atoms with Crippen LogP contribution in [0.4, 0.5) is 4.39 Å². The third-order valence-electron chi connectivity index (χ3n) is 6.39. The highest BCUT2D eigenvalue weighted by Crippen LogP contribution is 2.40. The number of hydrogen-bond donors (Lipinski definition) is 1. The Hall–Kier alpha value is -2.51. The second-order valence-corrected chi connectivity index (χ2v) is 10.3. The highest BCUT2D eigenvalue weighted by atomic mass is 32.2. The number of sulfonamides is 1. The fraction of sp³-hybridized carbons (Fsp3) is 0.400. The Morgan fingerprint density at radius 2 is 1.84 bits per heavy atom. The van der Waals surface area contributed by atoms with Crippen molar-refractivity contribution in [2.45, 2.75) is 51.1 Å². The predicted molar refractivity (Wildman–Crippen MR) is 126 cm³/mol. The van der Waals surface area contributed by atoms with Gasteiger partial charge in [-0.25, -0.2) is 17.5 Å². The van der Waals surface area contributed by atoms with Gasteiger partial charge in [0, 0.05) is 17.2 Å². The van der Waals surface area contributed by atoms with Crippen LogP contribution in [0.1, 0.15) is 49.8 Å². The van der Waals surface area contributed by atoms with E-state index in [1.165, 1.54) is 17.5 Å². The number of halogens is 1. The van der Waals surface area contributed by atoms with Crippen LogP contribution in [0.25, 0.3) is 5.43 Å². The van der Waals surface area contributed by atoms with Crippen LogP contribution in [0.5, 0.6) is 0 Å². The summed E-state index contributed by atoms with van der Waals surface area (Å²) in [6, 6.07) is 15.8. The average molecular weight is 455 g/mol. The minimum atomic E-state index is -3.62. The molecule has 2 aromatic rings. The van der Waals surface area contributed by atoms with Gasteiger partial charge in [0.15, 0.2) is 0 Å². The molecule has 7 heteroatoms. The maximum absolute atomic E-state index is 13.3. The highest BCUT2D eigenvalue weighted by Gasteiger charge is 2.31. The van der Waals surface area contributed by atoms with Crippen molar-refractivity contribution >= 4 is 15.7 Å². The van der Waals surface area contributed by atoms with E-state index in [4.69, 9.17) is 0 Å². The zero-order chi connectivity index (χ0) is 22.6. The first-order valence-corrected chi connectivity index (χ1v) is 12.7. The number of rotatable bonds is 7. The number of benzene rings is 2. The van der Waals surface area contributed by atoms with Gasteiger partial charge in [-0.15, -0.1) is 0 Å². The monoisotopic (exact) mass is 454 g/mol. The molecule has 3 unspecified atom stereocenters.